The van der Waals surface area contributed by atoms with Crippen LogP contribution in [0.15, 0.2) is 30.3 Å². The van der Waals surface area contributed by atoms with Gasteiger partial charge >= 0.3 is 5.97 Å². The van der Waals surface area contributed by atoms with Gasteiger partial charge in [-0.1, -0.05) is 30.3 Å². The first-order valence-corrected chi connectivity index (χ1v) is 6.82. The van der Waals surface area contributed by atoms with E-state index in [9.17, 15) is 19.8 Å². The second-order valence-corrected chi connectivity index (χ2v) is 5.65. The molecule has 2 aliphatic rings. The lowest BCUT2D eigenvalue weighted by Crippen LogP contribution is -2.45. The number of hydrogen-bond donors (Lipinski definition) is 2. The summed E-state index contributed by atoms with van der Waals surface area (Å²) < 4.78 is 0. The number of carboxylic acids is 1. The Balaban J connectivity index is 1.87. The van der Waals surface area contributed by atoms with Crippen molar-refractivity contribution in [2.24, 2.45) is 0 Å². The van der Waals surface area contributed by atoms with Crippen molar-refractivity contribution in [3.8, 4) is 0 Å². The molecule has 2 N–H and O–H groups in total. The quantitative estimate of drug-likeness (QED) is 0.854. The summed E-state index contributed by atoms with van der Waals surface area (Å²) in [6.45, 7) is 0.115. The van der Waals surface area contributed by atoms with Crippen LogP contribution in [-0.2, 0) is 15.0 Å². The van der Waals surface area contributed by atoms with Crippen LogP contribution in [-0.4, -0.2) is 45.7 Å². The third-order valence-electron chi connectivity index (χ3n) is 4.31. The summed E-state index contributed by atoms with van der Waals surface area (Å²) in [4.78, 5) is 25.3. The largest absolute Gasteiger partial charge is 0.480 e. The van der Waals surface area contributed by atoms with E-state index in [1.807, 2.05) is 30.3 Å². The molecular formula is C15H17NO4. The minimum absolute atomic E-state index is 0.115. The lowest BCUT2D eigenvalue weighted by molar-refractivity contribution is -0.149. The number of rotatable bonds is 3. The third-order valence-corrected chi connectivity index (χ3v) is 4.31. The molecule has 0 spiro atoms. The van der Waals surface area contributed by atoms with Gasteiger partial charge in [0.2, 0.25) is 5.91 Å². The second-order valence-electron chi connectivity index (χ2n) is 5.65. The highest BCUT2D eigenvalue weighted by atomic mass is 16.4. The molecule has 20 heavy (non-hydrogen) atoms. The number of nitrogens with zero attached hydrogens (tertiary/aromatic N) is 1. The second kappa shape index (κ2) is 4.59. The van der Waals surface area contributed by atoms with Crippen LogP contribution in [0.25, 0.3) is 0 Å². The van der Waals surface area contributed by atoms with Gasteiger partial charge in [0.1, 0.15) is 6.04 Å². The molecule has 3 rings (SSSR count). The first-order chi connectivity index (χ1) is 9.54. The number of β-amino-alcohol motifs (C(OH)–C–C–N with tert-alkyl or cyclic N) is 1. The first kappa shape index (κ1) is 13.1. The fourth-order valence-electron chi connectivity index (χ4n) is 3.06. The van der Waals surface area contributed by atoms with Crippen molar-refractivity contribution in [3.05, 3.63) is 35.9 Å². The van der Waals surface area contributed by atoms with E-state index in [2.05, 4.69) is 0 Å². The molecule has 1 amide bonds. The maximum atomic E-state index is 12.7. The molecule has 0 aromatic heterocycles. The van der Waals surface area contributed by atoms with Gasteiger partial charge in [0, 0.05) is 13.0 Å². The molecule has 2 atom stereocenters. The smallest absolute Gasteiger partial charge is 0.326 e. The normalized spacial score (nSPS) is 27.4. The molecule has 1 unspecified atom stereocenters. The average Bonchev–Trinajstić information content (AvgIpc) is 3.16. The minimum atomic E-state index is -1.04. The Morgan fingerprint density at radius 1 is 1.20 bits per heavy atom. The number of hydrogen-bond acceptors (Lipinski definition) is 3. The maximum absolute atomic E-state index is 12.7. The molecule has 0 bridgehead atoms. The van der Waals surface area contributed by atoms with E-state index in [1.54, 1.807) is 0 Å². The molecule has 1 saturated heterocycles. The zero-order valence-electron chi connectivity index (χ0n) is 11.0. The van der Waals surface area contributed by atoms with Gasteiger partial charge in [-0.15, -0.1) is 0 Å². The Bertz CT molecular complexity index is 538. The van der Waals surface area contributed by atoms with Crippen molar-refractivity contribution < 1.29 is 19.8 Å². The summed E-state index contributed by atoms with van der Waals surface area (Å²) >= 11 is 0. The Kier molecular flexibility index (Phi) is 3.01. The highest BCUT2D eigenvalue weighted by Crippen LogP contribution is 2.50. The molecule has 106 valence electrons. The molecule has 1 aliphatic carbocycles. The van der Waals surface area contributed by atoms with Crippen LogP contribution in [0.3, 0.4) is 0 Å². The zero-order valence-corrected chi connectivity index (χ0v) is 11.0. The third kappa shape index (κ3) is 1.98. The zero-order chi connectivity index (χ0) is 14.3. The molecule has 5 nitrogen and oxygen atoms in total. The van der Waals surface area contributed by atoms with Gasteiger partial charge < -0.3 is 15.1 Å². The molecule has 1 aromatic carbocycles. The number of carbonyl (C=O) groups is 2. The van der Waals surface area contributed by atoms with Crippen molar-refractivity contribution in [1.29, 1.82) is 0 Å². The fourth-order valence-corrected chi connectivity index (χ4v) is 3.06. The Morgan fingerprint density at radius 2 is 1.85 bits per heavy atom. The summed E-state index contributed by atoms with van der Waals surface area (Å²) in [6, 6.07) is 8.58. The number of aliphatic carboxylic acids is 1. The van der Waals surface area contributed by atoms with Crippen molar-refractivity contribution in [1.82, 2.24) is 4.90 Å². The van der Waals surface area contributed by atoms with E-state index in [1.165, 1.54) is 4.90 Å². The van der Waals surface area contributed by atoms with Crippen molar-refractivity contribution in [3.63, 3.8) is 0 Å². The summed E-state index contributed by atoms with van der Waals surface area (Å²) in [5, 5.41) is 18.9. The van der Waals surface area contributed by atoms with Gasteiger partial charge in [0.25, 0.3) is 0 Å². The van der Waals surface area contributed by atoms with Gasteiger partial charge in [-0.25, -0.2) is 4.79 Å². The van der Waals surface area contributed by atoms with Gasteiger partial charge in [0.05, 0.1) is 11.5 Å². The van der Waals surface area contributed by atoms with Crippen LogP contribution >= 0.6 is 0 Å². The van der Waals surface area contributed by atoms with Crippen LogP contribution in [0.5, 0.6) is 0 Å². The monoisotopic (exact) mass is 275 g/mol. The Hall–Kier alpha value is -1.88. The number of benzene rings is 1. The van der Waals surface area contributed by atoms with Crippen molar-refractivity contribution >= 4 is 11.9 Å². The topological polar surface area (TPSA) is 77.8 Å². The highest BCUT2D eigenvalue weighted by molar-refractivity contribution is 5.94. The van der Waals surface area contributed by atoms with Gasteiger partial charge in [-0.2, -0.15) is 0 Å². The van der Waals surface area contributed by atoms with E-state index in [-0.39, 0.29) is 18.9 Å². The molecule has 1 heterocycles. The SMILES string of the molecule is O=C(O)[C@@H]1CC(O)CN1C(=O)C1(c2ccccc2)CC1. The van der Waals surface area contributed by atoms with Crippen LogP contribution in [0.1, 0.15) is 24.8 Å². The van der Waals surface area contributed by atoms with Crippen molar-refractivity contribution in [2.45, 2.75) is 36.8 Å². The highest BCUT2D eigenvalue weighted by Gasteiger charge is 2.55. The summed E-state index contributed by atoms with van der Waals surface area (Å²) in [5.74, 6) is -1.20. The van der Waals surface area contributed by atoms with E-state index in [4.69, 9.17) is 0 Å². The summed E-state index contributed by atoms with van der Waals surface area (Å²) in [7, 11) is 0. The predicted octanol–water partition coefficient (Wildman–Crippen LogP) is 0.765. The molecule has 2 fully saturated rings. The van der Waals surface area contributed by atoms with Gasteiger partial charge in [-0.05, 0) is 18.4 Å². The number of carbonyl (C=O) groups excluding carboxylic acids is 1. The summed E-state index contributed by atoms with van der Waals surface area (Å²) in [6.07, 6.45) is 0.863. The summed E-state index contributed by atoms with van der Waals surface area (Å²) in [5.41, 5.74) is 0.370. The predicted molar refractivity (Wildman–Crippen MR) is 71.1 cm³/mol. The Labute approximate surface area is 116 Å². The van der Waals surface area contributed by atoms with Crippen LogP contribution < -0.4 is 0 Å². The standard InChI is InChI=1S/C15H17NO4/c17-11-8-12(13(18)19)16(9-11)14(20)15(6-7-15)10-4-2-1-3-5-10/h1-5,11-12,17H,6-9H2,(H,18,19)/t11?,12-/m0/s1. The molecule has 1 saturated carbocycles. The van der Waals surface area contributed by atoms with Crippen LogP contribution in [0.2, 0.25) is 0 Å². The number of carboxylic acid groups (broad SMARTS) is 1. The number of aliphatic hydroxyl groups excluding tert-OH is 1. The average molecular weight is 275 g/mol. The van der Waals surface area contributed by atoms with Gasteiger partial charge in [-0.3, -0.25) is 4.79 Å². The van der Waals surface area contributed by atoms with Crippen LogP contribution in [0.4, 0.5) is 0 Å². The lowest BCUT2D eigenvalue weighted by atomic mass is 9.94. The van der Waals surface area contributed by atoms with E-state index >= 15 is 0 Å². The lowest BCUT2D eigenvalue weighted by Gasteiger charge is -2.26. The number of likely N-dealkylation sites (tertiary alicyclic amines) is 1. The molecule has 1 aromatic rings. The van der Waals surface area contributed by atoms with Crippen LogP contribution in [0, 0.1) is 0 Å². The molecular weight excluding hydrogens is 258 g/mol. The van der Waals surface area contributed by atoms with E-state index in [0.29, 0.717) is 0 Å². The van der Waals surface area contributed by atoms with Gasteiger partial charge in [0.15, 0.2) is 0 Å². The van der Waals surface area contributed by atoms with E-state index < -0.39 is 23.5 Å². The number of aliphatic hydroxyl groups is 1. The molecule has 1 aliphatic heterocycles. The minimum Gasteiger partial charge on any atom is -0.480 e. The molecule has 5 heteroatoms. The maximum Gasteiger partial charge on any atom is 0.326 e. The first-order valence-electron chi connectivity index (χ1n) is 6.82. The van der Waals surface area contributed by atoms with E-state index in [0.717, 1.165) is 18.4 Å². The Morgan fingerprint density at radius 3 is 2.40 bits per heavy atom. The molecule has 0 radical (unpaired) electrons. The van der Waals surface area contributed by atoms with Crippen molar-refractivity contribution in [2.75, 3.05) is 6.54 Å². The number of amides is 1. The fraction of sp³-hybridized carbons (Fsp3) is 0.467.